The van der Waals surface area contributed by atoms with Crippen molar-refractivity contribution in [3.05, 3.63) is 60.4 Å². The predicted octanol–water partition coefficient (Wildman–Crippen LogP) is 1.33. The number of pyridine rings is 1. The normalized spacial score (nSPS) is 10.1. The van der Waals surface area contributed by atoms with E-state index in [-0.39, 0.29) is 19.0 Å². The summed E-state index contributed by atoms with van der Waals surface area (Å²) in [6.07, 6.45) is 2.35. The van der Waals surface area contributed by atoms with Gasteiger partial charge in [-0.1, -0.05) is 24.3 Å². The monoisotopic (exact) mass is 313 g/mol. The number of carboxylic acids is 1. The third-order valence-corrected chi connectivity index (χ3v) is 3.21. The van der Waals surface area contributed by atoms with Gasteiger partial charge in [0.2, 0.25) is 5.91 Å². The van der Waals surface area contributed by atoms with E-state index in [4.69, 9.17) is 5.11 Å². The molecule has 0 aliphatic rings. The van der Waals surface area contributed by atoms with Gasteiger partial charge in [0.05, 0.1) is 6.54 Å². The van der Waals surface area contributed by atoms with Gasteiger partial charge in [0.15, 0.2) is 0 Å². The van der Waals surface area contributed by atoms with Crippen LogP contribution in [0.1, 0.15) is 5.69 Å². The van der Waals surface area contributed by atoms with E-state index in [1.807, 2.05) is 36.4 Å². The molecule has 2 N–H and O–H groups in total. The van der Waals surface area contributed by atoms with E-state index in [0.29, 0.717) is 18.7 Å². The van der Waals surface area contributed by atoms with Crippen LogP contribution in [0.5, 0.6) is 0 Å². The maximum atomic E-state index is 12.0. The van der Waals surface area contributed by atoms with E-state index >= 15 is 0 Å². The van der Waals surface area contributed by atoms with Crippen LogP contribution in [-0.2, 0) is 16.0 Å². The van der Waals surface area contributed by atoms with Gasteiger partial charge in [-0.2, -0.15) is 0 Å². The number of carboxylic acid groups (broad SMARTS) is 1. The Morgan fingerprint density at radius 3 is 2.43 bits per heavy atom. The summed E-state index contributed by atoms with van der Waals surface area (Å²) < 4.78 is 0. The summed E-state index contributed by atoms with van der Waals surface area (Å²) >= 11 is 0. The molecule has 1 aromatic carbocycles. The minimum Gasteiger partial charge on any atom is -0.480 e. The molecule has 120 valence electrons. The van der Waals surface area contributed by atoms with E-state index in [1.54, 1.807) is 18.3 Å². The maximum absolute atomic E-state index is 12.0. The first kappa shape index (κ1) is 16.5. The fourth-order valence-electron chi connectivity index (χ4n) is 2.15. The summed E-state index contributed by atoms with van der Waals surface area (Å²) in [5.74, 6) is -1.19. The summed E-state index contributed by atoms with van der Waals surface area (Å²) in [6, 6.07) is 14.7. The van der Waals surface area contributed by atoms with Crippen molar-refractivity contribution < 1.29 is 14.7 Å². The standard InChI is InChI=1S/C17H19N3O3/c21-16(19-11-9-14-6-4-5-10-18-14)12-20(13-17(22)23)15-7-2-1-3-8-15/h1-8,10H,9,11-13H2,(H,19,21)(H,22,23). The summed E-state index contributed by atoms with van der Waals surface area (Å²) in [7, 11) is 0. The van der Waals surface area contributed by atoms with Gasteiger partial charge in [0.25, 0.3) is 0 Å². The second-order valence-electron chi connectivity index (χ2n) is 5.01. The number of carbonyl (C=O) groups is 2. The number of aromatic nitrogens is 1. The molecule has 0 fully saturated rings. The Kier molecular flexibility index (Phi) is 6.11. The second kappa shape index (κ2) is 8.53. The molecule has 0 aliphatic heterocycles. The van der Waals surface area contributed by atoms with Gasteiger partial charge in [-0.15, -0.1) is 0 Å². The topological polar surface area (TPSA) is 82.5 Å². The first-order valence-electron chi connectivity index (χ1n) is 7.33. The van der Waals surface area contributed by atoms with Crippen LogP contribution in [-0.4, -0.2) is 41.6 Å². The van der Waals surface area contributed by atoms with Crippen molar-refractivity contribution in [1.82, 2.24) is 10.3 Å². The van der Waals surface area contributed by atoms with Crippen LogP contribution in [0.3, 0.4) is 0 Å². The van der Waals surface area contributed by atoms with Gasteiger partial charge in [-0.3, -0.25) is 14.6 Å². The lowest BCUT2D eigenvalue weighted by molar-refractivity contribution is -0.135. The SMILES string of the molecule is O=C(O)CN(CC(=O)NCCc1ccccn1)c1ccccc1. The van der Waals surface area contributed by atoms with Crippen LogP contribution >= 0.6 is 0 Å². The van der Waals surface area contributed by atoms with E-state index in [0.717, 1.165) is 5.69 Å². The zero-order chi connectivity index (χ0) is 16.5. The fraction of sp³-hybridized carbons (Fsp3) is 0.235. The zero-order valence-corrected chi connectivity index (χ0v) is 12.7. The van der Waals surface area contributed by atoms with Crippen LogP contribution in [0, 0.1) is 0 Å². The van der Waals surface area contributed by atoms with Crippen molar-refractivity contribution in [2.75, 3.05) is 24.5 Å². The number of benzene rings is 1. The molecule has 0 atom stereocenters. The van der Waals surface area contributed by atoms with Crippen molar-refractivity contribution in [3.63, 3.8) is 0 Å². The predicted molar refractivity (Wildman–Crippen MR) is 87.2 cm³/mol. The molecular weight excluding hydrogens is 294 g/mol. The van der Waals surface area contributed by atoms with Gasteiger partial charge in [0.1, 0.15) is 6.54 Å². The Bertz CT molecular complexity index is 632. The van der Waals surface area contributed by atoms with Crippen molar-refractivity contribution in [1.29, 1.82) is 0 Å². The Balaban J connectivity index is 1.86. The van der Waals surface area contributed by atoms with Crippen LogP contribution in [0.15, 0.2) is 54.7 Å². The number of nitrogens with zero attached hydrogens (tertiary/aromatic N) is 2. The second-order valence-corrected chi connectivity index (χ2v) is 5.01. The minimum atomic E-state index is -0.977. The van der Waals surface area contributed by atoms with Gasteiger partial charge in [-0.25, -0.2) is 0 Å². The molecule has 23 heavy (non-hydrogen) atoms. The highest BCUT2D eigenvalue weighted by Crippen LogP contribution is 2.12. The molecule has 2 rings (SSSR count). The molecule has 0 unspecified atom stereocenters. The van der Waals surface area contributed by atoms with Gasteiger partial charge < -0.3 is 15.3 Å². The van der Waals surface area contributed by atoms with Crippen molar-refractivity contribution in [2.45, 2.75) is 6.42 Å². The molecule has 0 spiro atoms. The molecule has 0 saturated heterocycles. The summed E-state index contributed by atoms with van der Waals surface area (Å²) in [4.78, 5) is 28.7. The van der Waals surface area contributed by atoms with Crippen molar-refractivity contribution >= 4 is 17.6 Å². The average Bonchev–Trinajstić information content (AvgIpc) is 2.56. The van der Waals surface area contributed by atoms with Crippen LogP contribution in [0.25, 0.3) is 0 Å². The quantitative estimate of drug-likeness (QED) is 0.768. The lowest BCUT2D eigenvalue weighted by atomic mass is 10.2. The number of anilines is 1. The molecular formula is C17H19N3O3. The maximum Gasteiger partial charge on any atom is 0.323 e. The molecule has 0 aliphatic carbocycles. The van der Waals surface area contributed by atoms with Crippen LogP contribution < -0.4 is 10.2 Å². The highest BCUT2D eigenvalue weighted by atomic mass is 16.4. The third-order valence-electron chi connectivity index (χ3n) is 3.21. The number of rotatable bonds is 8. The largest absolute Gasteiger partial charge is 0.480 e. The lowest BCUT2D eigenvalue weighted by Gasteiger charge is -2.22. The zero-order valence-electron chi connectivity index (χ0n) is 12.7. The highest BCUT2D eigenvalue weighted by Gasteiger charge is 2.14. The van der Waals surface area contributed by atoms with E-state index in [2.05, 4.69) is 10.3 Å². The molecule has 1 aromatic heterocycles. The molecule has 6 nitrogen and oxygen atoms in total. The number of hydrogen-bond acceptors (Lipinski definition) is 4. The Morgan fingerprint density at radius 1 is 1.04 bits per heavy atom. The molecule has 2 aromatic rings. The molecule has 0 bridgehead atoms. The Morgan fingerprint density at radius 2 is 1.78 bits per heavy atom. The van der Waals surface area contributed by atoms with Crippen molar-refractivity contribution in [2.24, 2.45) is 0 Å². The Labute approximate surface area is 134 Å². The summed E-state index contributed by atoms with van der Waals surface area (Å²) in [5.41, 5.74) is 1.60. The van der Waals surface area contributed by atoms with Gasteiger partial charge >= 0.3 is 5.97 Å². The number of hydrogen-bond donors (Lipinski definition) is 2. The van der Waals surface area contributed by atoms with Gasteiger partial charge in [-0.05, 0) is 24.3 Å². The van der Waals surface area contributed by atoms with E-state index in [9.17, 15) is 9.59 Å². The van der Waals surface area contributed by atoms with Crippen LogP contribution in [0.2, 0.25) is 0 Å². The first-order chi connectivity index (χ1) is 11.1. The fourth-order valence-corrected chi connectivity index (χ4v) is 2.15. The van der Waals surface area contributed by atoms with Crippen molar-refractivity contribution in [3.8, 4) is 0 Å². The molecule has 1 amide bonds. The summed E-state index contributed by atoms with van der Waals surface area (Å²) in [6.45, 7) is 0.238. The first-order valence-corrected chi connectivity index (χ1v) is 7.33. The number of carbonyl (C=O) groups excluding carboxylic acids is 1. The molecule has 1 heterocycles. The van der Waals surface area contributed by atoms with E-state index < -0.39 is 5.97 Å². The van der Waals surface area contributed by atoms with Gasteiger partial charge in [0, 0.05) is 30.5 Å². The smallest absolute Gasteiger partial charge is 0.323 e. The number of aliphatic carboxylic acids is 1. The molecule has 0 radical (unpaired) electrons. The molecule has 6 heteroatoms. The molecule has 0 saturated carbocycles. The number of nitrogens with one attached hydrogen (secondary N) is 1. The summed E-state index contributed by atoms with van der Waals surface area (Å²) in [5, 5.41) is 11.8. The third kappa shape index (κ3) is 5.78. The van der Waals surface area contributed by atoms with E-state index in [1.165, 1.54) is 4.90 Å². The van der Waals surface area contributed by atoms with Crippen LogP contribution in [0.4, 0.5) is 5.69 Å². The number of amides is 1. The highest BCUT2D eigenvalue weighted by molar-refractivity contribution is 5.84. The Hall–Kier alpha value is -2.89. The lowest BCUT2D eigenvalue weighted by Crippen LogP contribution is -2.40. The number of para-hydroxylation sites is 1. The average molecular weight is 313 g/mol. The minimum absolute atomic E-state index is 0.00146.